The van der Waals surface area contributed by atoms with Gasteiger partial charge in [-0.15, -0.1) is 0 Å². The van der Waals surface area contributed by atoms with Crippen LogP contribution in [0, 0.1) is 24.7 Å². The van der Waals surface area contributed by atoms with E-state index < -0.39 is 0 Å². The predicted octanol–water partition coefficient (Wildman–Crippen LogP) is 2.59. The molecule has 0 unspecified atom stereocenters. The Morgan fingerprint density at radius 1 is 1.35 bits per heavy atom. The van der Waals surface area contributed by atoms with E-state index in [2.05, 4.69) is 17.5 Å². The van der Waals surface area contributed by atoms with E-state index >= 15 is 0 Å². The molecule has 2 aliphatic rings. The number of fused-ring (bicyclic) bond motifs is 2. The average Bonchev–Trinajstić information content (AvgIpc) is 3.14. The Morgan fingerprint density at radius 2 is 2.13 bits per heavy atom. The molecule has 1 fully saturated rings. The molecule has 2 bridgehead atoms. The van der Waals surface area contributed by atoms with E-state index in [4.69, 9.17) is 0 Å². The van der Waals surface area contributed by atoms with Gasteiger partial charge in [0.1, 0.15) is 5.56 Å². The van der Waals surface area contributed by atoms with E-state index in [1.807, 2.05) is 13.8 Å². The van der Waals surface area contributed by atoms with Gasteiger partial charge in [0.2, 0.25) is 0 Å². The van der Waals surface area contributed by atoms with Crippen LogP contribution in [0.25, 0.3) is 0 Å². The van der Waals surface area contributed by atoms with Crippen LogP contribution in [0.4, 0.5) is 0 Å². The molecule has 0 radical (unpaired) electrons. The standard InChI is InChI=1S/C19H26N2O2/c1-4-17-12(2)9-16(19(23)21(17)3)18(22)20-8-7-15-11-13-5-6-14(15)10-13/h5-6,9,13-15H,4,7-8,10-11H2,1-3H3,(H,20,22)/t13-,14+,15-/m1/s1. The van der Waals surface area contributed by atoms with Gasteiger partial charge in [-0.25, -0.2) is 0 Å². The normalized spacial score (nSPS) is 25.1. The van der Waals surface area contributed by atoms with Crippen molar-refractivity contribution in [3.05, 3.63) is 45.4 Å². The number of nitrogens with one attached hydrogen (secondary N) is 1. The van der Waals surface area contributed by atoms with Crippen molar-refractivity contribution in [2.45, 2.75) is 39.5 Å². The van der Waals surface area contributed by atoms with Crippen LogP contribution in [0.5, 0.6) is 0 Å². The molecule has 3 rings (SSSR count). The molecule has 4 nitrogen and oxygen atoms in total. The van der Waals surface area contributed by atoms with E-state index in [1.54, 1.807) is 17.7 Å². The number of amides is 1. The van der Waals surface area contributed by atoms with Crippen molar-refractivity contribution < 1.29 is 4.79 Å². The van der Waals surface area contributed by atoms with E-state index in [1.165, 1.54) is 12.8 Å². The minimum Gasteiger partial charge on any atom is -0.352 e. The summed E-state index contributed by atoms with van der Waals surface area (Å²) in [6, 6.07) is 1.73. The molecule has 0 spiro atoms. The van der Waals surface area contributed by atoms with Crippen LogP contribution in [0.2, 0.25) is 0 Å². The maximum absolute atomic E-state index is 12.4. The number of carbonyl (C=O) groups excluding carboxylic acids is 1. The van der Waals surface area contributed by atoms with E-state index in [0.29, 0.717) is 18.4 Å². The molecular weight excluding hydrogens is 288 g/mol. The van der Waals surface area contributed by atoms with Gasteiger partial charge in [-0.2, -0.15) is 0 Å². The maximum Gasteiger partial charge on any atom is 0.263 e. The first-order valence-corrected chi connectivity index (χ1v) is 8.67. The Labute approximate surface area is 137 Å². The van der Waals surface area contributed by atoms with Crippen LogP contribution in [0.1, 0.15) is 47.8 Å². The third-order valence-electron chi connectivity index (χ3n) is 5.55. The van der Waals surface area contributed by atoms with Gasteiger partial charge in [0.05, 0.1) is 0 Å². The third kappa shape index (κ3) is 2.99. The fourth-order valence-corrected chi connectivity index (χ4v) is 4.30. The molecule has 2 aliphatic carbocycles. The molecule has 1 heterocycles. The number of carbonyl (C=O) groups is 1. The Hall–Kier alpha value is -1.84. The van der Waals surface area contributed by atoms with Gasteiger partial charge in [-0.1, -0.05) is 19.1 Å². The molecule has 1 saturated carbocycles. The highest BCUT2D eigenvalue weighted by Gasteiger charge is 2.35. The van der Waals surface area contributed by atoms with Gasteiger partial charge < -0.3 is 9.88 Å². The van der Waals surface area contributed by atoms with Crippen LogP contribution >= 0.6 is 0 Å². The summed E-state index contributed by atoms with van der Waals surface area (Å²) < 4.78 is 1.60. The second-order valence-corrected chi connectivity index (χ2v) is 6.99. The molecule has 0 saturated heterocycles. The SMILES string of the molecule is CCc1c(C)cc(C(=O)NCC[C@@H]2C[C@@H]3C=C[C@H]2C3)c(=O)n1C. The van der Waals surface area contributed by atoms with Gasteiger partial charge in [0.15, 0.2) is 0 Å². The van der Waals surface area contributed by atoms with Crippen LogP contribution in [-0.4, -0.2) is 17.0 Å². The lowest BCUT2D eigenvalue weighted by molar-refractivity contribution is 0.0948. The molecule has 0 aromatic carbocycles. The second kappa shape index (κ2) is 6.34. The zero-order valence-corrected chi connectivity index (χ0v) is 14.3. The molecule has 3 atom stereocenters. The molecule has 0 aliphatic heterocycles. The van der Waals surface area contributed by atoms with E-state index in [9.17, 15) is 9.59 Å². The number of aromatic nitrogens is 1. The summed E-state index contributed by atoms with van der Waals surface area (Å²) in [5.41, 5.74) is 2.04. The highest BCUT2D eigenvalue weighted by atomic mass is 16.2. The number of hydrogen-bond donors (Lipinski definition) is 1. The first kappa shape index (κ1) is 16.0. The third-order valence-corrected chi connectivity index (χ3v) is 5.55. The van der Waals surface area contributed by atoms with Crippen LogP contribution in [-0.2, 0) is 13.5 Å². The number of allylic oxidation sites excluding steroid dienone is 2. The molecule has 4 heteroatoms. The molecule has 1 amide bonds. The molecule has 1 N–H and O–H groups in total. The minimum absolute atomic E-state index is 0.201. The summed E-state index contributed by atoms with van der Waals surface area (Å²) in [7, 11) is 1.74. The Bertz CT molecular complexity index is 702. The van der Waals surface area contributed by atoms with Gasteiger partial charge in [0, 0.05) is 19.3 Å². The maximum atomic E-state index is 12.4. The Balaban J connectivity index is 1.62. The van der Waals surface area contributed by atoms with Crippen molar-refractivity contribution in [2.75, 3.05) is 6.54 Å². The molecule has 124 valence electrons. The average molecular weight is 314 g/mol. The first-order chi connectivity index (χ1) is 11.0. The summed E-state index contributed by atoms with van der Waals surface area (Å²) >= 11 is 0. The van der Waals surface area contributed by atoms with Gasteiger partial charge in [0.25, 0.3) is 11.5 Å². The monoisotopic (exact) mass is 314 g/mol. The minimum atomic E-state index is -0.241. The van der Waals surface area contributed by atoms with Crippen molar-refractivity contribution in [1.29, 1.82) is 0 Å². The number of aryl methyl sites for hydroxylation is 1. The van der Waals surface area contributed by atoms with Crippen molar-refractivity contribution >= 4 is 5.91 Å². The predicted molar refractivity (Wildman–Crippen MR) is 91.6 cm³/mol. The smallest absolute Gasteiger partial charge is 0.263 e. The van der Waals surface area contributed by atoms with E-state index in [-0.39, 0.29) is 17.0 Å². The van der Waals surface area contributed by atoms with Crippen molar-refractivity contribution in [2.24, 2.45) is 24.8 Å². The Kier molecular flexibility index (Phi) is 4.42. The number of pyridine rings is 1. The van der Waals surface area contributed by atoms with Crippen LogP contribution < -0.4 is 10.9 Å². The summed E-state index contributed by atoms with van der Waals surface area (Å²) in [6.07, 6.45) is 9.01. The zero-order valence-electron chi connectivity index (χ0n) is 14.3. The second-order valence-electron chi connectivity index (χ2n) is 6.99. The van der Waals surface area contributed by atoms with Crippen molar-refractivity contribution in [1.82, 2.24) is 9.88 Å². The summed E-state index contributed by atoms with van der Waals surface area (Å²) in [5, 5.41) is 2.94. The number of rotatable bonds is 5. The lowest BCUT2D eigenvalue weighted by Gasteiger charge is -2.18. The largest absolute Gasteiger partial charge is 0.352 e. The fourth-order valence-electron chi connectivity index (χ4n) is 4.30. The van der Waals surface area contributed by atoms with Crippen molar-refractivity contribution in [3.8, 4) is 0 Å². The van der Waals surface area contributed by atoms with Gasteiger partial charge >= 0.3 is 0 Å². The van der Waals surface area contributed by atoms with Gasteiger partial charge in [-0.3, -0.25) is 9.59 Å². The highest BCUT2D eigenvalue weighted by Crippen LogP contribution is 2.44. The molecule has 23 heavy (non-hydrogen) atoms. The molecule has 1 aromatic rings. The summed E-state index contributed by atoms with van der Waals surface area (Å²) in [6.45, 7) is 4.63. The van der Waals surface area contributed by atoms with Crippen LogP contribution in [0.3, 0.4) is 0 Å². The first-order valence-electron chi connectivity index (χ1n) is 8.67. The Morgan fingerprint density at radius 3 is 2.74 bits per heavy atom. The van der Waals surface area contributed by atoms with Crippen molar-refractivity contribution in [3.63, 3.8) is 0 Å². The lowest BCUT2D eigenvalue weighted by Crippen LogP contribution is -2.34. The number of nitrogens with zero attached hydrogens (tertiary/aromatic N) is 1. The molecular formula is C19H26N2O2. The molecule has 1 aromatic heterocycles. The van der Waals surface area contributed by atoms with E-state index in [0.717, 1.165) is 30.0 Å². The van der Waals surface area contributed by atoms with Gasteiger partial charge in [-0.05, 0) is 62.0 Å². The highest BCUT2D eigenvalue weighted by molar-refractivity contribution is 5.94. The fraction of sp³-hybridized carbons (Fsp3) is 0.579. The number of hydrogen-bond acceptors (Lipinski definition) is 2. The quantitative estimate of drug-likeness (QED) is 0.849. The topological polar surface area (TPSA) is 51.1 Å². The summed E-state index contributed by atoms with van der Waals surface area (Å²) in [5.74, 6) is 1.92. The zero-order chi connectivity index (χ0) is 16.6. The lowest BCUT2D eigenvalue weighted by atomic mass is 9.90. The van der Waals surface area contributed by atoms with Crippen LogP contribution in [0.15, 0.2) is 23.0 Å². The summed E-state index contributed by atoms with van der Waals surface area (Å²) in [4.78, 5) is 24.7.